The number of nitrogens with one attached hydrogen (secondary N) is 1. The Balaban J connectivity index is 1.82. The summed E-state index contributed by atoms with van der Waals surface area (Å²) in [6.45, 7) is 7.64. The zero-order valence-electron chi connectivity index (χ0n) is 12.3. The van der Waals surface area contributed by atoms with E-state index in [1.54, 1.807) is 12.1 Å². The maximum absolute atomic E-state index is 12.1. The number of benzene rings is 1. The minimum absolute atomic E-state index is 0.343. The third-order valence-electron chi connectivity index (χ3n) is 3.93. The molecule has 1 aromatic rings. The number of nitrogens with zero attached hydrogens (tertiary/aromatic N) is 1. The molecule has 1 saturated heterocycles. The molecule has 4 nitrogen and oxygen atoms in total. The Kier molecular flexibility index (Phi) is 5.18. The highest BCUT2D eigenvalue weighted by molar-refractivity contribution is 7.89. The minimum atomic E-state index is -3.37. The van der Waals surface area contributed by atoms with Gasteiger partial charge in [-0.05, 0) is 50.9 Å². The first-order chi connectivity index (χ1) is 9.47. The summed E-state index contributed by atoms with van der Waals surface area (Å²) in [7, 11) is -3.37. The third-order valence-corrected chi connectivity index (χ3v) is 5.40. The topological polar surface area (TPSA) is 49.4 Å². The van der Waals surface area contributed by atoms with Crippen LogP contribution >= 0.6 is 0 Å². The molecule has 1 aliphatic rings. The van der Waals surface area contributed by atoms with Crippen LogP contribution in [0.25, 0.3) is 0 Å². The van der Waals surface area contributed by atoms with E-state index < -0.39 is 10.0 Å². The molecule has 0 unspecified atom stereocenters. The molecule has 112 valence electrons. The van der Waals surface area contributed by atoms with Gasteiger partial charge in [0.2, 0.25) is 10.0 Å². The van der Waals surface area contributed by atoms with Crippen LogP contribution in [0.3, 0.4) is 0 Å². The van der Waals surface area contributed by atoms with E-state index in [2.05, 4.69) is 16.5 Å². The molecule has 0 amide bonds. The van der Waals surface area contributed by atoms with E-state index in [1.807, 2.05) is 19.1 Å². The van der Waals surface area contributed by atoms with Gasteiger partial charge in [-0.2, -0.15) is 0 Å². The second kappa shape index (κ2) is 6.70. The lowest BCUT2D eigenvalue weighted by Crippen LogP contribution is -2.39. The lowest BCUT2D eigenvalue weighted by molar-refractivity contribution is 0.195. The lowest BCUT2D eigenvalue weighted by Gasteiger charge is -2.30. The average molecular weight is 296 g/mol. The fraction of sp³-hybridized carbons (Fsp3) is 0.600. The molecule has 1 aromatic carbocycles. The Hall–Kier alpha value is -0.910. The zero-order valence-corrected chi connectivity index (χ0v) is 13.1. The molecule has 1 N–H and O–H groups in total. The molecule has 20 heavy (non-hydrogen) atoms. The number of sulfonamides is 1. The smallest absolute Gasteiger partial charge is 0.240 e. The van der Waals surface area contributed by atoms with Crippen molar-refractivity contribution in [2.75, 3.05) is 26.2 Å². The van der Waals surface area contributed by atoms with Crippen molar-refractivity contribution in [1.29, 1.82) is 0 Å². The van der Waals surface area contributed by atoms with E-state index in [1.165, 1.54) is 12.8 Å². The first-order valence-corrected chi connectivity index (χ1v) is 8.74. The first kappa shape index (κ1) is 15.5. The molecule has 0 aliphatic carbocycles. The molecule has 0 bridgehead atoms. The summed E-state index contributed by atoms with van der Waals surface area (Å²) in [4.78, 5) is 2.67. The van der Waals surface area contributed by atoms with E-state index in [4.69, 9.17) is 0 Å². The Bertz CT molecular complexity index is 517. The summed E-state index contributed by atoms with van der Waals surface area (Å²) in [5, 5.41) is 0. The van der Waals surface area contributed by atoms with Gasteiger partial charge in [0.15, 0.2) is 0 Å². The van der Waals surface area contributed by atoms with Crippen LogP contribution in [0.4, 0.5) is 0 Å². The molecular weight excluding hydrogens is 272 g/mol. The van der Waals surface area contributed by atoms with Gasteiger partial charge in [-0.25, -0.2) is 13.1 Å². The molecule has 0 spiro atoms. The molecule has 0 radical (unpaired) electrons. The van der Waals surface area contributed by atoms with Gasteiger partial charge in [-0.3, -0.25) is 0 Å². The van der Waals surface area contributed by atoms with Gasteiger partial charge in [0.25, 0.3) is 0 Å². The number of hydrogen-bond donors (Lipinski definition) is 1. The molecule has 2 rings (SSSR count). The lowest BCUT2D eigenvalue weighted by atomic mass is 9.99. The Morgan fingerprint density at radius 1 is 1.20 bits per heavy atom. The largest absolute Gasteiger partial charge is 0.302 e. The van der Waals surface area contributed by atoms with E-state index in [0.29, 0.717) is 11.4 Å². The summed E-state index contributed by atoms with van der Waals surface area (Å²) in [6, 6.07) is 6.95. The molecule has 0 atom stereocenters. The SMILES string of the molecule is Cc1ccc(S(=O)(=O)NCCN2CCC(C)CC2)cc1. The van der Waals surface area contributed by atoms with Crippen LogP contribution in [0.5, 0.6) is 0 Å². The van der Waals surface area contributed by atoms with Gasteiger partial charge in [-0.1, -0.05) is 24.6 Å². The number of hydrogen-bond acceptors (Lipinski definition) is 3. The molecule has 1 aliphatic heterocycles. The maximum Gasteiger partial charge on any atom is 0.240 e. The van der Waals surface area contributed by atoms with Crippen molar-refractivity contribution in [3.8, 4) is 0 Å². The fourth-order valence-corrected chi connectivity index (χ4v) is 3.45. The molecular formula is C15H24N2O2S. The van der Waals surface area contributed by atoms with Crippen LogP contribution in [0, 0.1) is 12.8 Å². The Morgan fingerprint density at radius 3 is 2.40 bits per heavy atom. The maximum atomic E-state index is 12.1. The molecule has 5 heteroatoms. The monoisotopic (exact) mass is 296 g/mol. The highest BCUT2D eigenvalue weighted by Gasteiger charge is 2.17. The second-order valence-electron chi connectivity index (χ2n) is 5.73. The van der Waals surface area contributed by atoms with Crippen molar-refractivity contribution in [1.82, 2.24) is 9.62 Å². The summed E-state index contributed by atoms with van der Waals surface area (Å²) >= 11 is 0. The number of rotatable bonds is 5. The minimum Gasteiger partial charge on any atom is -0.302 e. The first-order valence-electron chi connectivity index (χ1n) is 7.26. The third kappa shape index (κ3) is 4.30. The zero-order chi connectivity index (χ0) is 14.6. The van der Waals surface area contributed by atoms with Gasteiger partial charge >= 0.3 is 0 Å². The van der Waals surface area contributed by atoms with Crippen molar-refractivity contribution in [3.63, 3.8) is 0 Å². The normalized spacial score (nSPS) is 18.3. The molecule has 0 aromatic heterocycles. The van der Waals surface area contributed by atoms with Crippen LogP contribution in [0.15, 0.2) is 29.2 Å². The highest BCUT2D eigenvalue weighted by Crippen LogP contribution is 2.15. The van der Waals surface area contributed by atoms with E-state index in [-0.39, 0.29) is 0 Å². The summed E-state index contributed by atoms with van der Waals surface area (Å²) < 4.78 is 26.9. The second-order valence-corrected chi connectivity index (χ2v) is 7.50. The van der Waals surface area contributed by atoms with Crippen LogP contribution in [-0.4, -0.2) is 39.5 Å². The Labute approximate surface area is 122 Å². The summed E-state index contributed by atoms with van der Waals surface area (Å²) in [6.07, 6.45) is 2.43. The van der Waals surface area contributed by atoms with Crippen molar-refractivity contribution >= 4 is 10.0 Å². The predicted octanol–water partition coefficient (Wildman–Crippen LogP) is 2.01. The predicted molar refractivity (Wildman–Crippen MR) is 81.2 cm³/mol. The fourth-order valence-electron chi connectivity index (χ4n) is 2.42. The number of piperidine rings is 1. The number of likely N-dealkylation sites (tertiary alicyclic amines) is 1. The van der Waals surface area contributed by atoms with Crippen LogP contribution < -0.4 is 4.72 Å². The van der Waals surface area contributed by atoms with Crippen molar-refractivity contribution in [3.05, 3.63) is 29.8 Å². The van der Waals surface area contributed by atoms with Crippen LogP contribution in [-0.2, 0) is 10.0 Å². The standard InChI is InChI=1S/C15H24N2O2S/c1-13-3-5-15(6-4-13)20(18,19)16-9-12-17-10-7-14(2)8-11-17/h3-6,14,16H,7-12H2,1-2H3. The van der Waals surface area contributed by atoms with Gasteiger partial charge in [-0.15, -0.1) is 0 Å². The van der Waals surface area contributed by atoms with E-state index in [0.717, 1.165) is 31.1 Å². The van der Waals surface area contributed by atoms with Crippen molar-refractivity contribution < 1.29 is 8.42 Å². The Morgan fingerprint density at radius 2 is 1.80 bits per heavy atom. The summed E-state index contributed by atoms with van der Waals surface area (Å²) in [5.74, 6) is 0.801. The van der Waals surface area contributed by atoms with Gasteiger partial charge < -0.3 is 4.90 Å². The van der Waals surface area contributed by atoms with Crippen molar-refractivity contribution in [2.24, 2.45) is 5.92 Å². The van der Waals surface area contributed by atoms with E-state index >= 15 is 0 Å². The van der Waals surface area contributed by atoms with Gasteiger partial charge in [0.1, 0.15) is 0 Å². The van der Waals surface area contributed by atoms with Gasteiger partial charge in [0, 0.05) is 13.1 Å². The molecule has 1 heterocycles. The summed E-state index contributed by atoms with van der Waals surface area (Å²) in [5.41, 5.74) is 1.06. The van der Waals surface area contributed by atoms with E-state index in [9.17, 15) is 8.42 Å². The molecule has 0 saturated carbocycles. The highest BCUT2D eigenvalue weighted by atomic mass is 32.2. The quantitative estimate of drug-likeness (QED) is 0.904. The molecule has 1 fully saturated rings. The van der Waals surface area contributed by atoms with Crippen LogP contribution in [0.1, 0.15) is 25.3 Å². The van der Waals surface area contributed by atoms with Crippen molar-refractivity contribution in [2.45, 2.75) is 31.6 Å². The van der Waals surface area contributed by atoms with Gasteiger partial charge in [0.05, 0.1) is 4.90 Å². The number of aryl methyl sites for hydroxylation is 1. The van der Waals surface area contributed by atoms with Crippen LogP contribution in [0.2, 0.25) is 0 Å². The average Bonchev–Trinajstić information content (AvgIpc) is 2.41.